The van der Waals surface area contributed by atoms with Crippen molar-refractivity contribution in [2.75, 3.05) is 11.4 Å². The average molecular weight is 285 g/mol. The summed E-state index contributed by atoms with van der Waals surface area (Å²) in [6, 6.07) is 6.19. The van der Waals surface area contributed by atoms with Crippen LogP contribution in [0.2, 0.25) is 0 Å². The quantitative estimate of drug-likeness (QED) is 0.922. The van der Waals surface area contributed by atoms with Crippen LogP contribution in [0, 0.1) is 6.92 Å². The van der Waals surface area contributed by atoms with E-state index in [1.165, 1.54) is 0 Å². The number of aromatic nitrogens is 1. The molecular weight excluding hydrogens is 266 g/mol. The van der Waals surface area contributed by atoms with Crippen LogP contribution in [0.5, 0.6) is 0 Å². The van der Waals surface area contributed by atoms with Gasteiger partial charge in [0.1, 0.15) is 0 Å². The summed E-state index contributed by atoms with van der Waals surface area (Å²) in [6.07, 6.45) is 2.39. The number of fused-ring (bicyclic) bond motifs is 1. The molecule has 5 nitrogen and oxygen atoms in total. The van der Waals surface area contributed by atoms with Crippen LogP contribution in [-0.4, -0.2) is 23.1 Å². The van der Waals surface area contributed by atoms with Gasteiger partial charge in [-0.25, -0.2) is 4.79 Å². The van der Waals surface area contributed by atoms with Crippen molar-refractivity contribution in [1.29, 1.82) is 0 Å². The molecule has 1 aliphatic heterocycles. The summed E-state index contributed by atoms with van der Waals surface area (Å²) in [4.78, 5) is 25.1. The van der Waals surface area contributed by atoms with Gasteiger partial charge in [-0.1, -0.05) is 0 Å². The monoisotopic (exact) mass is 285 g/mol. The third kappa shape index (κ3) is 2.28. The van der Waals surface area contributed by atoms with E-state index in [1.54, 1.807) is 4.90 Å². The van der Waals surface area contributed by atoms with Crippen LogP contribution in [0.15, 0.2) is 24.4 Å². The van der Waals surface area contributed by atoms with Gasteiger partial charge in [0.2, 0.25) is 5.91 Å². The number of nitrogens with one attached hydrogen (secondary N) is 1. The van der Waals surface area contributed by atoms with Gasteiger partial charge in [-0.3, -0.25) is 15.0 Å². The fraction of sp³-hybridized carbons (Fsp3) is 0.375. The third-order valence-electron chi connectivity index (χ3n) is 3.86. The summed E-state index contributed by atoms with van der Waals surface area (Å²) in [5.74, 6) is -0.208. The fourth-order valence-corrected chi connectivity index (χ4v) is 2.85. The van der Waals surface area contributed by atoms with E-state index in [2.05, 4.69) is 29.8 Å². The molecule has 0 bridgehead atoms. The lowest BCUT2D eigenvalue weighted by atomic mass is 10.1. The highest BCUT2D eigenvalue weighted by molar-refractivity contribution is 6.09. The standard InChI is InChI=1S/C16H19N3O2/c1-10(2)18-6-4-12-13(18)8-11(3)9-14(12)19-7-5-15(20)17-16(19)21/h4,6,8-10H,5,7H2,1-3H3,(H,17,20,21). The highest BCUT2D eigenvalue weighted by Crippen LogP contribution is 2.32. The maximum absolute atomic E-state index is 12.1. The highest BCUT2D eigenvalue weighted by Gasteiger charge is 2.26. The number of amides is 3. The topological polar surface area (TPSA) is 54.3 Å². The van der Waals surface area contributed by atoms with Gasteiger partial charge in [-0.2, -0.15) is 0 Å². The number of urea groups is 1. The Balaban J connectivity index is 2.14. The normalized spacial score (nSPS) is 15.9. The van der Waals surface area contributed by atoms with Gasteiger partial charge in [-0.05, 0) is 44.5 Å². The van der Waals surface area contributed by atoms with Crippen molar-refractivity contribution in [1.82, 2.24) is 9.88 Å². The van der Waals surface area contributed by atoms with Crippen molar-refractivity contribution in [3.05, 3.63) is 30.0 Å². The maximum atomic E-state index is 12.1. The summed E-state index contributed by atoms with van der Waals surface area (Å²) in [5, 5.41) is 3.42. The van der Waals surface area contributed by atoms with Crippen LogP contribution < -0.4 is 10.2 Å². The van der Waals surface area contributed by atoms with E-state index >= 15 is 0 Å². The van der Waals surface area contributed by atoms with E-state index in [9.17, 15) is 9.59 Å². The first-order valence-corrected chi connectivity index (χ1v) is 7.20. The molecule has 2 aromatic rings. The van der Waals surface area contributed by atoms with Gasteiger partial charge in [0, 0.05) is 30.6 Å². The SMILES string of the molecule is Cc1cc(N2CCC(=O)NC2=O)c2ccn(C(C)C)c2c1. The van der Waals surface area contributed by atoms with Gasteiger partial charge in [0.15, 0.2) is 0 Å². The van der Waals surface area contributed by atoms with Gasteiger partial charge in [0.25, 0.3) is 0 Å². The Labute approximate surface area is 123 Å². The van der Waals surface area contributed by atoms with Gasteiger partial charge in [0.05, 0.1) is 11.2 Å². The minimum atomic E-state index is -0.338. The number of aryl methyl sites for hydroxylation is 1. The smallest absolute Gasteiger partial charge is 0.328 e. The number of rotatable bonds is 2. The highest BCUT2D eigenvalue weighted by atomic mass is 16.2. The molecule has 2 heterocycles. The Kier molecular flexibility index (Phi) is 3.20. The Morgan fingerprint density at radius 1 is 1.24 bits per heavy atom. The van der Waals surface area contributed by atoms with Crippen LogP contribution in [0.3, 0.4) is 0 Å². The summed E-state index contributed by atoms with van der Waals surface area (Å²) >= 11 is 0. The Hall–Kier alpha value is -2.30. The zero-order valence-electron chi connectivity index (χ0n) is 12.5. The first-order chi connectivity index (χ1) is 9.97. The molecule has 1 saturated heterocycles. The second-order valence-corrected chi connectivity index (χ2v) is 5.79. The number of carbonyl (C=O) groups excluding carboxylic acids is 2. The van der Waals surface area contributed by atoms with Crippen molar-refractivity contribution < 1.29 is 9.59 Å². The van der Waals surface area contributed by atoms with Crippen LogP contribution in [0.4, 0.5) is 10.5 Å². The predicted octanol–water partition coefficient (Wildman–Crippen LogP) is 2.98. The predicted molar refractivity (Wildman–Crippen MR) is 82.6 cm³/mol. The number of benzene rings is 1. The molecular formula is C16H19N3O2. The zero-order chi connectivity index (χ0) is 15.1. The first-order valence-electron chi connectivity index (χ1n) is 7.20. The van der Waals surface area contributed by atoms with Crippen molar-refractivity contribution in [2.45, 2.75) is 33.2 Å². The van der Waals surface area contributed by atoms with Crippen LogP contribution in [0.25, 0.3) is 10.9 Å². The first kappa shape index (κ1) is 13.7. The Morgan fingerprint density at radius 3 is 2.67 bits per heavy atom. The molecule has 1 fully saturated rings. The number of hydrogen-bond donors (Lipinski definition) is 1. The third-order valence-corrected chi connectivity index (χ3v) is 3.86. The van der Waals surface area contributed by atoms with E-state index < -0.39 is 0 Å². The maximum Gasteiger partial charge on any atom is 0.328 e. The van der Waals surface area contributed by atoms with Crippen molar-refractivity contribution >= 4 is 28.5 Å². The van der Waals surface area contributed by atoms with Gasteiger partial charge in [-0.15, -0.1) is 0 Å². The second-order valence-electron chi connectivity index (χ2n) is 5.79. The van der Waals surface area contributed by atoms with Crippen molar-refractivity contribution in [2.24, 2.45) is 0 Å². The van der Waals surface area contributed by atoms with Crippen LogP contribution >= 0.6 is 0 Å². The number of nitrogens with zero attached hydrogens (tertiary/aromatic N) is 2. The Bertz CT molecular complexity index is 730. The average Bonchev–Trinajstić information content (AvgIpc) is 2.81. The molecule has 1 N–H and O–H groups in total. The molecule has 0 spiro atoms. The van der Waals surface area contributed by atoms with E-state index in [0.29, 0.717) is 19.0 Å². The molecule has 0 radical (unpaired) electrons. The molecule has 1 aromatic heterocycles. The molecule has 0 atom stereocenters. The number of hydrogen-bond acceptors (Lipinski definition) is 2. The van der Waals surface area contributed by atoms with E-state index in [0.717, 1.165) is 22.2 Å². The molecule has 3 rings (SSSR count). The number of imide groups is 1. The largest absolute Gasteiger partial charge is 0.345 e. The summed E-state index contributed by atoms with van der Waals surface area (Å²) in [7, 11) is 0. The van der Waals surface area contributed by atoms with Crippen molar-refractivity contribution in [3.63, 3.8) is 0 Å². The van der Waals surface area contributed by atoms with Gasteiger partial charge < -0.3 is 4.57 Å². The minimum absolute atomic E-state index is 0.208. The number of anilines is 1. The summed E-state index contributed by atoms with van der Waals surface area (Å²) < 4.78 is 2.19. The minimum Gasteiger partial charge on any atom is -0.345 e. The van der Waals surface area contributed by atoms with Crippen LogP contribution in [-0.2, 0) is 4.79 Å². The molecule has 0 saturated carbocycles. The summed E-state index contributed by atoms with van der Waals surface area (Å²) in [5.41, 5.74) is 3.09. The number of carbonyl (C=O) groups is 2. The molecule has 1 aliphatic rings. The summed E-state index contributed by atoms with van der Waals surface area (Å²) in [6.45, 7) is 6.71. The Morgan fingerprint density at radius 2 is 2.00 bits per heavy atom. The second kappa shape index (κ2) is 4.91. The molecule has 1 aromatic carbocycles. The van der Waals surface area contributed by atoms with E-state index in [4.69, 9.17) is 0 Å². The lowest BCUT2D eigenvalue weighted by molar-refractivity contribution is -0.120. The van der Waals surface area contributed by atoms with E-state index in [1.807, 2.05) is 25.3 Å². The molecule has 21 heavy (non-hydrogen) atoms. The van der Waals surface area contributed by atoms with E-state index in [-0.39, 0.29) is 11.9 Å². The van der Waals surface area contributed by atoms with Crippen molar-refractivity contribution in [3.8, 4) is 0 Å². The molecule has 0 unspecified atom stereocenters. The molecule has 5 heteroatoms. The zero-order valence-corrected chi connectivity index (χ0v) is 12.5. The lowest BCUT2D eigenvalue weighted by Gasteiger charge is -2.27. The fourth-order valence-electron chi connectivity index (χ4n) is 2.85. The molecule has 3 amide bonds. The molecule has 0 aliphatic carbocycles. The van der Waals surface area contributed by atoms with Crippen LogP contribution in [0.1, 0.15) is 31.9 Å². The lowest BCUT2D eigenvalue weighted by Crippen LogP contribution is -2.49. The molecule has 110 valence electrons. The van der Waals surface area contributed by atoms with Gasteiger partial charge >= 0.3 is 6.03 Å².